The number of halogens is 1. The van der Waals surface area contributed by atoms with Crippen molar-refractivity contribution in [3.05, 3.63) is 42.1 Å². The first-order chi connectivity index (χ1) is 14.4. The minimum Gasteiger partial charge on any atom is -0.392 e. The maximum Gasteiger partial charge on any atom is 0.217 e. The molecular weight excluding hydrogens is 381 g/mol. The Morgan fingerprint density at radius 1 is 1.33 bits per heavy atom. The van der Waals surface area contributed by atoms with Gasteiger partial charge in [0, 0.05) is 24.1 Å². The predicted octanol–water partition coefficient (Wildman–Crippen LogP) is 3.67. The number of benzene rings is 1. The minimum absolute atomic E-state index is 0.0488. The van der Waals surface area contributed by atoms with E-state index in [9.17, 15) is 14.3 Å². The van der Waals surface area contributed by atoms with Crippen LogP contribution in [-0.2, 0) is 4.79 Å². The van der Waals surface area contributed by atoms with Gasteiger partial charge in [-0.1, -0.05) is 12.1 Å². The predicted molar refractivity (Wildman–Crippen MR) is 110 cm³/mol. The SMILES string of the molecule is CC(=O)NC1C2CC3C[C@@H]1CC(C(O)CC1c4c(F)cccc4-c4cncn41)(C3)C2. The van der Waals surface area contributed by atoms with E-state index in [0.717, 1.165) is 43.4 Å². The molecule has 4 aliphatic carbocycles. The molecule has 2 heterocycles. The summed E-state index contributed by atoms with van der Waals surface area (Å²) in [5, 5.41) is 14.8. The number of imidazole rings is 1. The fourth-order valence-corrected chi connectivity index (χ4v) is 7.66. The van der Waals surface area contributed by atoms with Crippen molar-refractivity contribution in [3.8, 4) is 11.3 Å². The monoisotopic (exact) mass is 409 g/mol. The van der Waals surface area contributed by atoms with Gasteiger partial charge in [-0.3, -0.25) is 4.79 Å². The van der Waals surface area contributed by atoms with Crippen molar-refractivity contribution in [2.45, 2.75) is 63.6 Å². The first kappa shape index (κ1) is 18.6. The van der Waals surface area contributed by atoms with Crippen molar-refractivity contribution in [2.75, 3.05) is 0 Å². The Labute approximate surface area is 175 Å². The molecule has 4 bridgehead atoms. The number of nitrogens with zero attached hydrogens (tertiary/aromatic N) is 2. The van der Waals surface area contributed by atoms with Crippen LogP contribution in [0, 0.1) is 29.0 Å². The summed E-state index contributed by atoms with van der Waals surface area (Å²) in [7, 11) is 0. The van der Waals surface area contributed by atoms with Gasteiger partial charge >= 0.3 is 0 Å². The molecule has 2 aromatic rings. The highest BCUT2D eigenvalue weighted by molar-refractivity contribution is 5.73. The molecule has 7 rings (SSSR count). The van der Waals surface area contributed by atoms with Crippen LogP contribution in [0.15, 0.2) is 30.7 Å². The normalized spacial score (nSPS) is 36.4. The molecule has 4 saturated carbocycles. The lowest BCUT2D eigenvalue weighted by atomic mass is 9.46. The van der Waals surface area contributed by atoms with Gasteiger partial charge in [0.25, 0.3) is 0 Å². The van der Waals surface area contributed by atoms with Gasteiger partial charge in [-0.25, -0.2) is 9.37 Å². The second-order valence-corrected chi connectivity index (χ2v) is 10.2. The van der Waals surface area contributed by atoms with E-state index in [4.69, 9.17) is 0 Å². The number of nitrogens with one attached hydrogen (secondary N) is 1. The molecule has 0 radical (unpaired) electrons. The van der Waals surface area contributed by atoms with Crippen LogP contribution < -0.4 is 5.32 Å². The summed E-state index contributed by atoms with van der Waals surface area (Å²) in [6, 6.07) is 5.24. The molecule has 5 nitrogen and oxygen atoms in total. The standard InChI is InChI=1S/C24H28FN3O2/c1-13(29)27-23-15-5-14-6-16(23)10-24(8-14,9-15)21(30)7-19-22-17(3-2-4-18(22)25)20-11-26-12-28(19)20/h2-4,11-12,14-16,19,21,23,30H,5-10H2,1H3,(H,27,29)/t14?,15-,16?,19?,21?,23?,24?/m1/s1. The van der Waals surface area contributed by atoms with Crippen molar-refractivity contribution in [2.24, 2.45) is 23.2 Å². The lowest BCUT2D eigenvalue weighted by molar-refractivity contribution is -0.144. The lowest BCUT2D eigenvalue weighted by Gasteiger charge is -2.61. The highest BCUT2D eigenvalue weighted by atomic mass is 19.1. The van der Waals surface area contributed by atoms with Crippen molar-refractivity contribution in [1.82, 2.24) is 14.9 Å². The third kappa shape index (κ3) is 2.55. The Bertz CT molecular complexity index is 1000. The second kappa shape index (κ2) is 6.39. The zero-order chi connectivity index (χ0) is 20.6. The minimum atomic E-state index is -0.491. The maximum absolute atomic E-state index is 14.8. The number of aromatic nitrogens is 2. The molecule has 2 N–H and O–H groups in total. The number of amides is 1. The van der Waals surface area contributed by atoms with E-state index in [1.165, 1.54) is 6.07 Å². The Morgan fingerprint density at radius 3 is 2.83 bits per heavy atom. The van der Waals surface area contributed by atoms with Gasteiger partial charge in [0.05, 0.1) is 30.4 Å². The molecule has 7 atom stereocenters. The summed E-state index contributed by atoms with van der Waals surface area (Å²) in [6.07, 6.45) is 8.85. The Hall–Kier alpha value is -2.21. The van der Waals surface area contributed by atoms with Gasteiger partial charge in [-0.05, 0) is 67.8 Å². The molecular formula is C24H28FN3O2. The first-order valence-corrected chi connectivity index (χ1v) is 11.2. The molecule has 0 saturated heterocycles. The van der Waals surface area contributed by atoms with Gasteiger partial charge in [0.2, 0.25) is 5.91 Å². The summed E-state index contributed by atoms with van der Waals surface area (Å²) in [5.41, 5.74) is 2.40. The Balaban J connectivity index is 1.30. The van der Waals surface area contributed by atoms with Crippen molar-refractivity contribution >= 4 is 5.91 Å². The number of hydrogen-bond donors (Lipinski definition) is 2. The van der Waals surface area contributed by atoms with Crippen LogP contribution in [0.5, 0.6) is 0 Å². The van der Waals surface area contributed by atoms with Gasteiger partial charge in [-0.2, -0.15) is 0 Å². The van der Waals surface area contributed by atoms with E-state index in [0.29, 0.717) is 29.7 Å². The smallest absolute Gasteiger partial charge is 0.217 e. The van der Waals surface area contributed by atoms with Crippen LogP contribution in [0.4, 0.5) is 4.39 Å². The van der Waals surface area contributed by atoms with Gasteiger partial charge in [-0.15, -0.1) is 0 Å². The first-order valence-electron chi connectivity index (χ1n) is 11.2. The maximum atomic E-state index is 14.8. The molecule has 1 amide bonds. The quantitative estimate of drug-likeness (QED) is 0.810. The number of hydrogen-bond acceptors (Lipinski definition) is 3. The number of carbonyl (C=O) groups excluding carboxylic acids is 1. The van der Waals surface area contributed by atoms with Crippen molar-refractivity contribution in [3.63, 3.8) is 0 Å². The van der Waals surface area contributed by atoms with Gasteiger partial charge < -0.3 is 15.0 Å². The van der Waals surface area contributed by atoms with Crippen LogP contribution in [0.2, 0.25) is 0 Å². The van der Waals surface area contributed by atoms with E-state index < -0.39 is 6.10 Å². The third-order valence-electron chi connectivity index (χ3n) is 8.51. The highest BCUT2D eigenvalue weighted by Gasteiger charge is 2.58. The van der Waals surface area contributed by atoms with Crippen LogP contribution in [0.3, 0.4) is 0 Å². The molecule has 30 heavy (non-hydrogen) atoms. The number of carbonyl (C=O) groups is 1. The van der Waals surface area contributed by atoms with E-state index >= 15 is 0 Å². The molecule has 6 unspecified atom stereocenters. The van der Waals surface area contributed by atoms with E-state index in [-0.39, 0.29) is 29.2 Å². The summed E-state index contributed by atoms with van der Waals surface area (Å²) in [5.74, 6) is 1.38. The summed E-state index contributed by atoms with van der Waals surface area (Å²) in [4.78, 5) is 16.0. The van der Waals surface area contributed by atoms with Crippen LogP contribution in [0.1, 0.15) is 57.1 Å². The number of aliphatic hydroxyl groups excluding tert-OH is 1. The second-order valence-electron chi connectivity index (χ2n) is 10.2. The zero-order valence-corrected chi connectivity index (χ0v) is 17.2. The third-order valence-corrected chi connectivity index (χ3v) is 8.51. The summed E-state index contributed by atoms with van der Waals surface area (Å²) < 4.78 is 16.8. The van der Waals surface area contributed by atoms with Gasteiger partial charge in [0.15, 0.2) is 0 Å². The van der Waals surface area contributed by atoms with E-state index in [1.54, 1.807) is 25.5 Å². The lowest BCUT2D eigenvalue weighted by Crippen LogP contribution is -2.61. The molecule has 1 aromatic heterocycles. The van der Waals surface area contributed by atoms with Crippen molar-refractivity contribution < 1.29 is 14.3 Å². The van der Waals surface area contributed by atoms with Crippen LogP contribution in [0.25, 0.3) is 11.3 Å². The van der Waals surface area contributed by atoms with Crippen LogP contribution in [-0.4, -0.2) is 32.7 Å². The average Bonchev–Trinajstić information content (AvgIpc) is 3.27. The average molecular weight is 410 g/mol. The molecule has 1 aliphatic heterocycles. The largest absolute Gasteiger partial charge is 0.392 e. The number of aliphatic hydroxyl groups is 1. The summed E-state index contributed by atoms with van der Waals surface area (Å²) >= 11 is 0. The molecule has 4 fully saturated rings. The fraction of sp³-hybridized carbons (Fsp3) is 0.583. The fourth-order valence-electron chi connectivity index (χ4n) is 7.66. The topological polar surface area (TPSA) is 67.2 Å². The molecule has 6 heteroatoms. The van der Waals surface area contributed by atoms with Crippen LogP contribution >= 0.6 is 0 Å². The molecule has 158 valence electrons. The number of fused-ring (bicyclic) bond motifs is 3. The summed E-state index contributed by atoms with van der Waals surface area (Å²) in [6.45, 7) is 1.60. The number of rotatable bonds is 4. The van der Waals surface area contributed by atoms with E-state index in [1.807, 2.05) is 10.6 Å². The van der Waals surface area contributed by atoms with Crippen molar-refractivity contribution in [1.29, 1.82) is 0 Å². The van der Waals surface area contributed by atoms with E-state index in [2.05, 4.69) is 10.3 Å². The Morgan fingerprint density at radius 2 is 2.10 bits per heavy atom. The molecule has 1 aromatic carbocycles. The van der Waals surface area contributed by atoms with Gasteiger partial charge in [0.1, 0.15) is 5.82 Å². The zero-order valence-electron chi connectivity index (χ0n) is 17.2. The molecule has 0 spiro atoms. The molecule has 5 aliphatic rings. The Kier molecular flexibility index (Phi) is 3.95. The highest BCUT2D eigenvalue weighted by Crippen LogP contribution is 2.62.